The summed E-state index contributed by atoms with van der Waals surface area (Å²) in [4.78, 5) is 0. The lowest BCUT2D eigenvalue weighted by molar-refractivity contribution is 0.0741. The molecule has 0 bridgehead atoms. The van der Waals surface area contributed by atoms with Crippen LogP contribution in [0.2, 0.25) is 0 Å². The van der Waals surface area contributed by atoms with E-state index in [2.05, 4.69) is 15.6 Å². The summed E-state index contributed by atoms with van der Waals surface area (Å²) in [5.74, 6) is -0.265. The van der Waals surface area contributed by atoms with Crippen LogP contribution in [0.4, 0.5) is 4.39 Å². The largest absolute Gasteiger partial charge is 0.389 e. The van der Waals surface area contributed by atoms with Crippen LogP contribution in [0.5, 0.6) is 0 Å². The van der Waals surface area contributed by atoms with E-state index in [1.165, 1.54) is 12.1 Å². The van der Waals surface area contributed by atoms with Gasteiger partial charge in [0.15, 0.2) is 0 Å². The lowest BCUT2D eigenvalue weighted by atomic mass is 10.1. The zero-order valence-electron chi connectivity index (χ0n) is 13.4. The fourth-order valence-corrected chi connectivity index (χ4v) is 2.78. The minimum atomic E-state index is -0.600. The van der Waals surface area contributed by atoms with Gasteiger partial charge in [0.05, 0.1) is 44.2 Å². The van der Waals surface area contributed by atoms with Crippen LogP contribution in [0.1, 0.15) is 11.3 Å². The summed E-state index contributed by atoms with van der Waals surface area (Å²) >= 11 is 0. The first-order chi connectivity index (χ1) is 11.7. The number of hydrogen-bond donors (Lipinski definition) is 2. The number of aromatic nitrogens is 3. The number of methoxy groups -OCH3 is 1. The molecular formula is C16H21FN4O3. The van der Waals surface area contributed by atoms with Crippen LogP contribution in [-0.4, -0.2) is 52.1 Å². The van der Waals surface area contributed by atoms with Crippen molar-refractivity contribution >= 4 is 0 Å². The highest BCUT2D eigenvalue weighted by atomic mass is 19.1. The number of nitrogens with zero attached hydrogens (tertiary/aromatic N) is 3. The molecule has 8 heteroatoms. The average molecular weight is 336 g/mol. The monoisotopic (exact) mass is 336 g/mol. The van der Waals surface area contributed by atoms with Crippen LogP contribution in [0.15, 0.2) is 30.5 Å². The van der Waals surface area contributed by atoms with Crippen LogP contribution >= 0.6 is 0 Å². The van der Waals surface area contributed by atoms with Gasteiger partial charge in [-0.05, 0) is 17.7 Å². The van der Waals surface area contributed by atoms with Crippen molar-refractivity contribution < 1.29 is 19.0 Å². The Balaban J connectivity index is 1.58. The predicted molar refractivity (Wildman–Crippen MR) is 83.5 cm³/mol. The fourth-order valence-electron chi connectivity index (χ4n) is 2.78. The molecule has 2 heterocycles. The molecule has 0 spiro atoms. The van der Waals surface area contributed by atoms with Gasteiger partial charge in [-0.15, -0.1) is 5.10 Å². The van der Waals surface area contributed by atoms with Gasteiger partial charge in [0.1, 0.15) is 11.5 Å². The van der Waals surface area contributed by atoms with Crippen LogP contribution in [0.3, 0.4) is 0 Å². The lowest BCUT2D eigenvalue weighted by Gasteiger charge is -2.21. The quantitative estimate of drug-likeness (QED) is 0.766. The average Bonchev–Trinajstić information content (AvgIpc) is 3.15. The Morgan fingerprint density at radius 3 is 2.96 bits per heavy atom. The van der Waals surface area contributed by atoms with E-state index in [1.54, 1.807) is 30.1 Å². The first kappa shape index (κ1) is 17.0. The number of ether oxygens (including phenoxy) is 2. The van der Waals surface area contributed by atoms with Crippen molar-refractivity contribution in [3.05, 3.63) is 47.5 Å². The molecule has 1 fully saturated rings. The number of aliphatic hydroxyl groups excluding tert-OH is 1. The van der Waals surface area contributed by atoms with Gasteiger partial charge in [0.25, 0.3) is 0 Å². The number of nitrogens with one attached hydrogen (secondary N) is 1. The first-order valence-electron chi connectivity index (χ1n) is 7.81. The highest BCUT2D eigenvalue weighted by Gasteiger charge is 2.36. The van der Waals surface area contributed by atoms with Gasteiger partial charge in [0, 0.05) is 13.7 Å². The Morgan fingerprint density at radius 1 is 1.42 bits per heavy atom. The maximum atomic E-state index is 12.9. The van der Waals surface area contributed by atoms with Crippen LogP contribution < -0.4 is 5.32 Å². The SMILES string of the molecule is COCc1cn(C[C@H]2OC[C@H](O)[C@H]2NCc2ccc(F)cc2)nn1. The Hall–Kier alpha value is -1.87. The molecule has 0 saturated carbocycles. The number of hydrogen-bond acceptors (Lipinski definition) is 6. The maximum absolute atomic E-state index is 12.9. The third-order valence-electron chi connectivity index (χ3n) is 4.00. The molecule has 1 aromatic heterocycles. The second-order valence-corrected chi connectivity index (χ2v) is 5.84. The van der Waals surface area contributed by atoms with E-state index >= 15 is 0 Å². The van der Waals surface area contributed by atoms with E-state index in [-0.39, 0.29) is 24.6 Å². The van der Waals surface area contributed by atoms with Gasteiger partial charge in [-0.1, -0.05) is 17.3 Å². The summed E-state index contributed by atoms with van der Waals surface area (Å²) < 4.78 is 25.3. The Morgan fingerprint density at radius 2 is 2.21 bits per heavy atom. The molecule has 1 saturated heterocycles. The summed E-state index contributed by atoms with van der Waals surface area (Å²) in [6, 6.07) is 6.04. The molecule has 7 nitrogen and oxygen atoms in total. The number of benzene rings is 1. The molecular weight excluding hydrogens is 315 g/mol. The van der Waals surface area contributed by atoms with Crippen molar-refractivity contribution in [2.75, 3.05) is 13.7 Å². The zero-order chi connectivity index (χ0) is 16.9. The molecule has 130 valence electrons. The van der Waals surface area contributed by atoms with Crippen LogP contribution in [-0.2, 0) is 29.2 Å². The highest BCUT2D eigenvalue weighted by Crippen LogP contribution is 2.17. The third-order valence-corrected chi connectivity index (χ3v) is 4.00. The molecule has 3 rings (SSSR count). The number of halogens is 1. The molecule has 1 aromatic carbocycles. The molecule has 2 aromatic rings. The predicted octanol–water partition coefficient (Wildman–Crippen LogP) is 0.482. The van der Waals surface area contributed by atoms with Crippen molar-refractivity contribution in [1.82, 2.24) is 20.3 Å². The van der Waals surface area contributed by atoms with Gasteiger partial charge < -0.3 is 19.9 Å². The molecule has 0 radical (unpaired) electrons. The Labute approximate surface area is 139 Å². The number of rotatable bonds is 7. The van der Waals surface area contributed by atoms with E-state index in [1.807, 2.05) is 0 Å². The van der Waals surface area contributed by atoms with E-state index in [0.29, 0.717) is 19.7 Å². The highest BCUT2D eigenvalue weighted by molar-refractivity contribution is 5.16. The second kappa shape index (κ2) is 7.80. The van der Waals surface area contributed by atoms with E-state index < -0.39 is 6.10 Å². The van der Waals surface area contributed by atoms with Crippen molar-refractivity contribution in [1.29, 1.82) is 0 Å². The van der Waals surface area contributed by atoms with Crippen molar-refractivity contribution in [3.8, 4) is 0 Å². The third kappa shape index (κ3) is 4.15. The summed E-state index contributed by atoms with van der Waals surface area (Å²) in [6.45, 7) is 1.68. The molecule has 24 heavy (non-hydrogen) atoms. The zero-order valence-corrected chi connectivity index (χ0v) is 13.4. The van der Waals surface area contributed by atoms with Gasteiger partial charge >= 0.3 is 0 Å². The van der Waals surface area contributed by atoms with E-state index in [9.17, 15) is 9.50 Å². The van der Waals surface area contributed by atoms with Crippen molar-refractivity contribution in [2.45, 2.75) is 37.9 Å². The van der Waals surface area contributed by atoms with Gasteiger partial charge in [-0.2, -0.15) is 0 Å². The first-order valence-corrected chi connectivity index (χ1v) is 7.81. The van der Waals surface area contributed by atoms with Crippen molar-refractivity contribution in [3.63, 3.8) is 0 Å². The van der Waals surface area contributed by atoms with E-state index in [4.69, 9.17) is 9.47 Å². The Kier molecular flexibility index (Phi) is 5.52. The topological polar surface area (TPSA) is 81.4 Å². The molecule has 2 N–H and O–H groups in total. The molecule has 0 aliphatic carbocycles. The van der Waals surface area contributed by atoms with Gasteiger partial charge in [-0.25, -0.2) is 9.07 Å². The van der Waals surface area contributed by atoms with Crippen molar-refractivity contribution in [2.24, 2.45) is 0 Å². The lowest BCUT2D eigenvalue weighted by Crippen LogP contribution is -2.45. The summed E-state index contributed by atoms with van der Waals surface area (Å²) in [5, 5.41) is 21.5. The standard InChI is InChI=1S/C16H21FN4O3/c1-23-9-13-7-21(20-19-13)8-15-16(14(22)10-24-15)18-6-11-2-4-12(17)5-3-11/h2-5,7,14-16,18,22H,6,8-10H2,1H3/t14-,15+,16+/m0/s1. The second-order valence-electron chi connectivity index (χ2n) is 5.84. The molecule has 1 aliphatic rings. The minimum absolute atomic E-state index is 0.224. The summed E-state index contributed by atoms with van der Waals surface area (Å²) in [7, 11) is 1.60. The molecule has 1 aliphatic heterocycles. The Bertz CT molecular complexity index is 649. The van der Waals surface area contributed by atoms with Gasteiger partial charge in [0.2, 0.25) is 0 Å². The smallest absolute Gasteiger partial charge is 0.123 e. The molecule has 0 amide bonds. The summed E-state index contributed by atoms with van der Waals surface area (Å²) in [6.07, 6.45) is 0.976. The minimum Gasteiger partial charge on any atom is -0.389 e. The molecule has 3 atom stereocenters. The van der Waals surface area contributed by atoms with Crippen LogP contribution in [0.25, 0.3) is 0 Å². The normalized spacial score (nSPS) is 23.7. The van der Waals surface area contributed by atoms with Gasteiger partial charge in [-0.3, -0.25) is 0 Å². The summed E-state index contributed by atoms with van der Waals surface area (Å²) in [5.41, 5.74) is 1.68. The molecule has 0 unspecified atom stereocenters. The van der Waals surface area contributed by atoms with E-state index in [0.717, 1.165) is 11.3 Å². The van der Waals surface area contributed by atoms with Crippen LogP contribution in [0, 0.1) is 5.82 Å². The maximum Gasteiger partial charge on any atom is 0.123 e. The number of aliphatic hydroxyl groups is 1. The fraction of sp³-hybridized carbons (Fsp3) is 0.500.